The van der Waals surface area contributed by atoms with Gasteiger partial charge in [-0.15, -0.1) is 0 Å². The molecule has 1 aliphatic heterocycles. The van der Waals surface area contributed by atoms with E-state index in [9.17, 15) is 4.79 Å². The minimum atomic E-state index is -0.203. The number of benzene rings is 2. The van der Waals surface area contributed by atoms with E-state index in [2.05, 4.69) is 15.5 Å². The summed E-state index contributed by atoms with van der Waals surface area (Å²) in [5.41, 5.74) is 1.84. The third kappa shape index (κ3) is 5.39. The molecular weight excluding hydrogens is 330 g/mol. The molecule has 2 aromatic rings. The molecule has 138 valence electrons. The minimum absolute atomic E-state index is 0.203. The fourth-order valence-electron chi connectivity index (χ4n) is 2.81. The minimum Gasteiger partial charge on any atom is -0.494 e. The van der Waals surface area contributed by atoms with Crippen molar-refractivity contribution in [2.24, 2.45) is 0 Å². The highest BCUT2D eigenvalue weighted by Gasteiger charge is 2.15. The lowest BCUT2D eigenvalue weighted by molar-refractivity contribution is 0.123. The monoisotopic (exact) mass is 355 g/mol. The third-order valence-corrected chi connectivity index (χ3v) is 4.12. The van der Waals surface area contributed by atoms with Crippen LogP contribution in [0.4, 0.5) is 16.2 Å². The number of carbonyl (C=O) groups excluding carboxylic acids is 1. The lowest BCUT2D eigenvalue weighted by atomic mass is 10.2. The second-order valence-electron chi connectivity index (χ2n) is 6.01. The summed E-state index contributed by atoms with van der Waals surface area (Å²) in [6.07, 6.45) is 0.743. The van der Waals surface area contributed by atoms with Crippen molar-refractivity contribution < 1.29 is 14.3 Å². The van der Waals surface area contributed by atoms with Crippen molar-refractivity contribution in [3.8, 4) is 5.75 Å². The van der Waals surface area contributed by atoms with Crippen molar-refractivity contribution in [3.05, 3.63) is 54.6 Å². The van der Waals surface area contributed by atoms with E-state index in [4.69, 9.17) is 9.47 Å². The first kappa shape index (κ1) is 18.1. The average Bonchev–Trinajstić information content (AvgIpc) is 2.70. The number of anilines is 2. The lowest BCUT2D eigenvalue weighted by Gasteiger charge is -2.30. The van der Waals surface area contributed by atoms with E-state index in [-0.39, 0.29) is 6.03 Å². The van der Waals surface area contributed by atoms with Gasteiger partial charge in [-0.25, -0.2) is 4.79 Å². The van der Waals surface area contributed by atoms with Crippen LogP contribution < -0.4 is 20.3 Å². The van der Waals surface area contributed by atoms with Crippen molar-refractivity contribution in [1.29, 1.82) is 0 Å². The van der Waals surface area contributed by atoms with Gasteiger partial charge < -0.3 is 25.0 Å². The first-order chi connectivity index (χ1) is 12.8. The Hall–Kier alpha value is -2.73. The zero-order chi connectivity index (χ0) is 18.0. The summed E-state index contributed by atoms with van der Waals surface area (Å²) in [5.74, 6) is 0.844. The highest BCUT2D eigenvalue weighted by Crippen LogP contribution is 2.26. The summed E-state index contributed by atoms with van der Waals surface area (Å²) < 4.78 is 11.0. The van der Waals surface area contributed by atoms with Crippen molar-refractivity contribution >= 4 is 17.4 Å². The number of hydrogen-bond acceptors (Lipinski definition) is 4. The largest absolute Gasteiger partial charge is 0.494 e. The van der Waals surface area contributed by atoms with Gasteiger partial charge in [-0.05, 0) is 30.7 Å². The molecule has 0 unspecified atom stereocenters. The number of ether oxygens (including phenoxy) is 2. The molecule has 6 heteroatoms. The van der Waals surface area contributed by atoms with E-state index in [0.717, 1.165) is 36.6 Å². The van der Waals surface area contributed by atoms with Gasteiger partial charge in [0.15, 0.2) is 0 Å². The van der Waals surface area contributed by atoms with Gasteiger partial charge in [0.2, 0.25) is 0 Å². The molecule has 6 nitrogen and oxygen atoms in total. The first-order valence-electron chi connectivity index (χ1n) is 8.97. The molecule has 0 atom stereocenters. The number of para-hydroxylation sites is 3. The summed E-state index contributed by atoms with van der Waals surface area (Å²) in [4.78, 5) is 14.4. The Kier molecular flexibility index (Phi) is 6.73. The Morgan fingerprint density at radius 1 is 1.04 bits per heavy atom. The van der Waals surface area contributed by atoms with Crippen molar-refractivity contribution in [2.75, 3.05) is 49.7 Å². The average molecular weight is 355 g/mol. The predicted octanol–water partition coefficient (Wildman–Crippen LogP) is 3.11. The number of urea groups is 1. The van der Waals surface area contributed by atoms with Gasteiger partial charge in [0.1, 0.15) is 5.75 Å². The molecule has 0 bridgehead atoms. The van der Waals surface area contributed by atoms with E-state index < -0.39 is 0 Å². The van der Waals surface area contributed by atoms with Gasteiger partial charge in [-0.1, -0.05) is 30.3 Å². The second kappa shape index (κ2) is 9.68. The normalized spacial score (nSPS) is 13.9. The highest BCUT2D eigenvalue weighted by molar-refractivity contribution is 5.93. The lowest BCUT2D eigenvalue weighted by Crippen LogP contribution is -2.37. The SMILES string of the molecule is O=C(NCCCOc1ccccc1)Nc1ccccc1N1CCOCC1. The summed E-state index contributed by atoms with van der Waals surface area (Å²) in [5, 5.41) is 5.82. The number of rotatable bonds is 7. The van der Waals surface area contributed by atoms with Crippen LogP contribution in [0.25, 0.3) is 0 Å². The van der Waals surface area contributed by atoms with Crippen LogP contribution in [-0.4, -0.2) is 45.5 Å². The molecule has 0 radical (unpaired) electrons. The van der Waals surface area contributed by atoms with E-state index >= 15 is 0 Å². The predicted molar refractivity (Wildman–Crippen MR) is 103 cm³/mol. The van der Waals surface area contributed by atoms with Gasteiger partial charge in [0.25, 0.3) is 0 Å². The van der Waals surface area contributed by atoms with Crippen LogP contribution in [0, 0.1) is 0 Å². The third-order valence-electron chi connectivity index (χ3n) is 4.12. The molecule has 0 saturated carbocycles. The molecule has 1 saturated heterocycles. The van der Waals surface area contributed by atoms with Crippen LogP contribution in [0.15, 0.2) is 54.6 Å². The quantitative estimate of drug-likeness (QED) is 0.749. The molecule has 3 rings (SSSR count). The van der Waals surface area contributed by atoms with Gasteiger partial charge >= 0.3 is 6.03 Å². The molecule has 0 aliphatic carbocycles. The molecule has 1 fully saturated rings. The molecule has 1 heterocycles. The van der Waals surface area contributed by atoms with E-state index in [0.29, 0.717) is 26.4 Å². The maximum atomic E-state index is 12.2. The van der Waals surface area contributed by atoms with E-state index in [1.165, 1.54) is 0 Å². The van der Waals surface area contributed by atoms with Gasteiger partial charge in [0.05, 0.1) is 31.2 Å². The molecule has 2 amide bonds. The topological polar surface area (TPSA) is 62.8 Å². The number of nitrogens with zero attached hydrogens (tertiary/aromatic N) is 1. The number of nitrogens with one attached hydrogen (secondary N) is 2. The van der Waals surface area contributed by atoms with Crippen LogP contribution in [0.1, 0.15) is 6.42 Å². The zero-order valence-corrected chi connectivity index (χ0v) is 14.8. The molecular formula is C20H25N3O3. The summed E-state index contributed by atoms with van der Waals surface area (Å²) >= 11 is 0. The standard InChI is InChI=1S/C20H25N3O3/c24-20(21-11-6-14-26-17-7-2-1-3-8-17)22-18-9-4-5-10-19(18)23-12-15-25-16-13-23/h1-5,7-10H,6,11-16H2,(H2,21,22,24). The fourth-order valence-corrected chi connectivity index (χ4v) is 2.81. The smallest absolute Gasteiger partial charge is 0.319 e. The van der Waals surface area contributed by atoms with Crippen molar-refractivity contribution in [2.45, 2.75) is 6.42 Å². The molecule has 26 heavy (non-hydrogen) atoms. The van der Waals surface area contributed by atoms with Crippen LogP contribution in [0.3, 0.4) is 0 Å². The number of hydrogen-bond donors (Lipinski definition) is 2. The van der Waals surface area contributed by atoms with E-state index in [1.54, 1.807) is 0 Å². The van der Waals surface area contributed by atoms with Crippen LogP contribution in [-0.2, 0) is 4.74 Å². The second-order valence-corrected chi connectivity index (χ2v) is 6.01. The summed E-state index contributed by atoms with van der Waals surface area (Å²) in [6.45, 7) is 4.20. The van der Waals surface area contributed by atoms with Crippen molar-refractivity contribution in [3.63, 3.8) is 0 Å². The Balaban J connectivity index is 1.42. The fraction of sp³-hybridized carbons (Fsp3) is 0.350. The molecule has 2 N–H and O–H groups in total. The van der Waals surface area contributed by atoms with Crippen LogP contribution >= 0.6 is 0 Å². The maximum Gasteiger partial charge on any atom is 0.319 e. The number of carbonyl (C=O) groups is 1. The van der Waals surface area contributed by atoms with Crippen LogP contribution in [0.2, 0.25) is 0 Å². The molecule has 2 aromatic carbocycles. The first-order valence-corrected chi connectivity index (χ1v) is 8.97. The Labute approximate surface area is 154 Å². The molecule has 0 aromatic heterocycles. The highest BCUT2D eigenvalue weighted by atomic mass is 16.5. The van der Waals surface area contributed by atoms with Crippen LogP contribution in [0.5, 0.6) is 5.75 Å². The Bertz CT molecular complexity index is 688. The van der Waals surface area contributed by atoms with Gasteiger partial charge in [-0.2, -0.15) is 0 Å². The van der Waals surface area contributed by atoms with E-state index in [1.807, 2.05) is 54.6 Å². The Morgan fingerprint density at radius 3 is 2.58 bits per heavy atom. The van der Waals surface area contributed by atoms with Gasteiger partial charge in [0, 0.05) is 19.6 Å². The number of amides is 2. The number of morpholine rings is 1. The van der Waals surface area contributed by atoms with Crippen molar-refractivity contribution in [1.82, 2.24) is 5.32 Å². The van der Waals surface area contributed by atoms with Gasteiger partial charge in [-0.3, -0.25) is 0 Å². The zero-order valence-electron chi connectivity index (χ0n) is 14.8. The Morgan fingerprint density at radius 2 is 1.77 bits per heavy atom. The molecule has 0 spiro atoms. The maximum absolute atomic E-state index is 12.2. The summed E-state index contributed by atoms with van der Waals surface area (Å²) in [6, 6.07) is 17.3. The molecule has 1 aliphatic rings. The summed E-state index contributed by atoms with van der Waals surface area (Å²) in [7, 11) is 0.